The van der Waals surface area contributed by atoms with Gasteiger partial charge < -0.3 is 5.32 Å². The molecule has 0 aliphatic heterocycles. The number of nitrogens with one attached hydrogen (secondary N) is 1. The van der Waals surface area contributed by atoms with Crippen molar-refractivity contribution in [2.75, 3.05) is 6.54 Å². The second-order valence-corrected chi connectivity index (χ2v) is 7.87. The van der Waals surface area contributed by atoms with Gasteiger partial charge in [-0.1, -0.05) is 13.8 Å². The largest absolute Gasteiger partial charge is 0.354 e. The highest BCUT2D eigenvalue weighted by atomic mass is 79.9. The summed E-state index contributed by atoms with van der Waals surface area (Å²) in [5, 5.41) is 11.8. The summed E-state index contributed by atoms with van der Waals surface area (Å²) in [4.78, 5) is 13.0. The Morgan fingerprint density at radius 3 is 2.50 bits per heavy atom. The first-order chi connectivity index (χ1) is 8.19. The average Bonchev–Trinajstić information content (AvgIpc) is 2.73. The summed E-state index contributed by atoms with van der Waals surface area (Å²) in [7, 11) is 0. The van der Waals surface area contributed by atoms with Gasteiger partial charge in [-0.05, 0) is 41.9 Å². The molecule has 0 atom stereocenters. The predicted molar refractivity (Wildman–Crippen MR) is 77.4 cm³/mol. The minimum atomic E-state index is -0.980. The molecule has 18 heavy (non-hydrogen) atoms. The van der Waals surface area contributed by atoms with Gasteiger partial charge in [0.05, 0.1) is 9.86 Å². The molecule has 0 saturated carbocycles. The normalized spacial score (nSPS) is 12.0. The van der Waals surface area contributed by atoms with Gasteiger partial charge in [0, 0.05) is 16.8 Å². The summed E-state index contributed by atoms with van der Waals surface area (Å²) in [5.41, 5.74) is -1.12. The Balaban J connectivity index is 2.69. The molecule has 0 fully saturated rings. The van der Waals surface area contributed by atoms with Crippen molar-refractivity contribution in [2.45, 2.75) is 33.1 Å². The second-order valence-electron chi connectivity index (χ2n) is 5.41. The van der Waals surface area contributed by atoms with E-state index in [0.29, 0.717) is 6.54 Å². The molecule has 0 aromatic carbocycles. The number of carbonyl (C=O) groups excluding carboxylic acids is 1. The van der Waals surface area contributed by atoms with Crippen molar-refractivity contribution < 1.29 is 4.79 Å². The van der Waals surface area contributed by atoms with Crippen LogP contribution in [0, 0.1) is 16.7 Å². The van der Waals surface area contributed by atoms with Crippen LogP contribution in [0.25, 0.3) is 0 Å². The summed E-state index contributed by atoms with van der Waals surface area (Å²) in [6, 6.07) is 6.06. The molecule has 1 heterocycles. The maximum absolute atomic E-state index is 11.8. The van der Waals surface area contributed by atoms with E-state index in [0.717, 1.165) is 3.79 Å². The van der Waals surface area contributed by atoms with Crippen LogP contribution in [0.3, 0.4) is 0 Å². The Labute approximate surface area is 120 Å². The van der Waals surface area contributed by atoms with E-state index >= 15 is 0 Å². The molecule has 98 valence electrons. The Morgan fingerprint density at radius 1 is 1.44 bits per heavy atom. The van der Waals surface area contributed by atoms with Gasteiger partial charge >= 0.3 is 0 Å². The van der Waals surface area contributed by atoms with Crippen LogP contribution in [0.5, 0.6) is 0 Å². The summed E-state index contributed by atoms with van der Waals surface area (Å²) >= 11 is 5.10. The lowest BCUT2D eigenvalue weighted by Gasteiger charge is -2.25. The lowest BCUT2D eigenvalue weighted by Crippen LogP contribution is -2.42. The van der Waals surface area contributed by atoms with E-state index in [1.807, 2.05) is 12.1 Å². The zero-order valence-electron chi connectivity index (χ0n) is 11.0. The quantitative estimate of drug-likeness (QED) is 0.920. The fraction of sp³-hybridized carbons (Fsp3) is 0.538. The van der Waals surface area contributed by atoms with Crippen LogP contribution >= 0.6 is 27.3 Å². The first kappa shape index (κ1) is 15.2. The van der Waals surface area contributed by atoms with Crippen molar-refractivity contribution in [2.24, 2.45) is 5.41 Å². The fourth-order valence-electron chi connectivity index (χ4n) is 1.34. The molecule has 1 amide bonds. The van der Waals surface area contributed by atoms with E-state index in [4.69, 9.17) is 5.26 Å². The van der Waals surface area contributed by atoms with Crippen molar-refractivity contribution in [3.05, 3.63) is 20.8 Å². The van der Waals surface area contributed by atoms with Gasteiger partial charge in [0.2, 0.25) is 5.91 Å². The van der Waals surface area contributed by atoms with Gasteiger partial charge in [0.25, 0.3) is 0 Å². The van der Waals surface area contributed by atoms with Crippen LogP contribution in [-0.4, -0.2) is 12.5 Å². The van der Waals surface area contributed by atoms with E-state index in [2.05, 4.69) is 41.2 Å². The average molecular weight is 329 g/mol. The highest BCUT2D eigenvalue weighted by molar-refractivity contribution is 9.11. The molecule has 0 unspecified atom stereocenters. The van der Waals surface area contributed by atoms with Crippen LogP contribution < -0.4 is 5.32 Å². The van der Waals surface area contributed by atoms with Crippen molar-refractivity contribution in [3.8, 4) is 6.07 Å². The first-order valence-corrected chi connectivity index (χ1v) is 7.25. The van der Waals surface area contributed by atoms with Gasteiger partial charge in [-0.25, -0.2) is 0 Å². The number of hydrogen-bond donors (Lipinski definition) is 1. The minimum absolute atomic E-state index is 0.141. The van der Waals surface area contributed by atoms with Gasteiger partial charge in [-0.3, -0.25) is 4.79 Å². The maximum Gasteiger partial charge on any atom is 0.239 e. The first-order valence-electron chi connectivity index (χ1n) is 5.64. The molecule has 3 nitrogen and oxygen atoms in total. The summed E-state index contributed by atoms with van der Waals surface area (Å²) < 4.78 is 1.08. The number of rotatable bonds is 4. The molecular weight excluding hydrogens is 312 g/mol. The number of carbonyl (C=O) groups is 1. The number of hydrogen-bond acceptors (Lipinski definition) is 3. The summed E-state index contributed by atoms with van der Waals surface area (Å²) in [5.74, 6) is -0.228. The molecule has 0 aliphatic rings. The number of nitrogens with zero attached hydrogens (tertiary/aromatic N) is 1. The van der Waals surface area contributed by atoms with E-state index in [1.165, 1.54) is 4.88 Å². The zero-order chi connectivity index (χ0) is 14.0. The zero-order valence-corrected chi connectivity index (χ0v) is 13.4. The number of amides is 1. The van der Waals surface area contributed by atoms with Gasteiger partial charge in [0.15, 0.2) is 0 Å². The lowest BCUT2D eigenvalue weighted by molar-refractivity contribution is -0.127. The van der Waals surface area contributed by atoms with Gasteiger partial charge in [0.1, 0.15) is 5.41 Å². The fourth-order valence-corrected chi connectivity index (χ4v) is 2.82. The summed E-state index contributed by atoms with van der Waals surface area (Å²) in [6.07, 6.45) is 0. The number of nitriles is 1. The smallest absolute Gasteiger partial charge is 0.239 e. The van der Waals surface area contributed by atoms with E-state index in [9.17, 15) is 4.79 Å². The van der Waals surface area contributed by atoms with Crippen molar-refractivity contribution >= 4 is 33.2 Å². The number of halogens is 1. The number of thiophene rings is 1. The Kier molecular flexibility index (Phi) is 4.57. The van der Waals surface area contributed by atoms with E-state index in [-0.39, 0.29) is 11.3 Å². The predicted octanol–water partition coefficient (Wildman–Crippen LogP) is 3.45. The Bertz CT molecular complexity index is 485. The molecule has 0 radical (unpaired) electrons. The van der Waals surface area contributed by atoms with E-state index in [1.54, 1.807) is 25.2 Å². The highest BCUT2D eigenvalue weighted by Gasteiger charge is 2.30. The lowest BCUT2D eigenvalue weighted by atomic mass is 9.89. The van der Waals surface area contributed by atoms with Gasteiger partial charge in [-0.2, -0.15) is 5.26 Å². The molecule has 0 aliphatic carbocycles. The SMILES string of the molecule is CC(C)(C#N)C(=O)NCC(C)(C)c1ccc(Br)s1. The van der Waals surface area contributed by atoms with Crippen LogP contribution in [0.4, 0.5) is 0 Å². The van der Waals surface area contributed by atoms with Crippen LogP contribution in [0.1, 0.15) is 32.6 Å². The minimum Gasteiger partial charge on any atom is -0.354 e. The summed E-state index contributed by atoms with van der Waals surface area (Å²) in [6.45, 7) is 7.91. The Hall–Kier alpha value is -0.860. The van der Waals surface area contributed by atoms with Crippen molar-refractivity contribution in [1.82, 2.24) is 5.32 Å². The molecule has 1 N–H and O–H groups in total. The molecule has 1 aromatic rings. The maximum atomic E-state index is 11.8. The second kappa shape index (κ2) is 5.41. The van der Waals surface area contributed by atoms with Crippen LogP contribution in [0.2, 0.25) is 0 Å². The highest BCUT2D eigenvalue weighted by Crippen LogP contribution is 2.32. The van der Waals surface area contributed by atoms with Crippen molar-refractivity contribution in [3.63, 3.8) is 0 Å². The Morgan fingerprint density at radius 2 is 2.06 bits per heavy atom. The van der Waals surface area contributed by atoms with Crippen LogP contribution in [0.15, 0.2) is 15.9 Å². The molecule has 5 heteroatoms. The van der Waals surface area contributed by atoms with E-state index < -0.39 is 5.41 Å². The van der Waals surface area contributed by atoms with Crippen molar-refractivity contribution in [1.29, 1.82) is 5.26 Å². The van der Waals surface area contributed by atoms with Crippen LogP contribution in [-0.2, 0) is 10.2 Å². The molecule has 1 aromatic heterocycles. The topological polar surface area (TPSA) is 52.9 Å². The third-order valence-electron chi connectivity index (χ3n) is 2.78. The molecule has 0 bridgehead atoms. The molecule has 1 rings (SSSR count). The standard InChI is InChI=1S/C13H17BrN2OS/c1-12(2,7-15)11(17)16-8-13(3,4)9-5-6-10(14)18-9/h5-6H,8H2,1-4H3,(H,16,17). The molecule has 0 spiro atoms. The third kappa shape index (κ3) is 3.56. The molecule has 0 saturated heterocycles. The molecular formula is C13H17BrN2OS. The third-order valence-corrected chi connectivity index (χ3v) is 4.77. The van der Waals surface area contributed by atoms with Gasteiger partial charge in [-0.15, -0.1) is 11.3 Å². The monoisotopic (exact) mass is 328 g/mol.